The van der Waals surface area contributed by atoms with Crippen molar-refractivity contribution in [1.82, 2.24) is 4.90 Å². The van der Waals surface area contributed by atoms with E-state index in [1.807, 2.05) is 47.1 Å². The lowest BCUT2D eigenvalue weighted by Crippen LogP contribution is -2.37. The summed E-state index contributed by atoms with van der Waals surface area (Å²) < 4.78 is 14.4. The van der Waals surface area contributed by atoms with Gasteiger partial charge in [-0.15, -0.1) is 0 Å². The van der Waals surface area contributed by atoms with E-state index < -0.39 is 5.54 Å². The third-order valence-corrected chi connectivity index (χ3v) is 5.53. The summed E-state index contributed by atoms with van der Waals surface area (Å²) in [5.41, 5.74) is 3.77. The fourth-order valence-corrected chi connectivity index (χ4v) is 3.57. The third-order valence-electron chi connectivity index (χ3n) is 5.13. The van der Waals surface area contributed by atoms with E-state index in [1.165, 1.54) is 0 Å². The zero-order chi connectivity index (χ0) is 19.2. The molecule has 1 saturated heterocycles. The fraction of sp³-hybridized carbons (Fsp3) is 0.273. The van der Waals surface area contributed by atoms with E-state index in [1.54, 1.807) is 13.0 Å². The molecular formula is C22H24ClFN2. The molecule has 0 amide bonds. The Hall–Kier alpha value is -2.26. The molecule has 2 nitrogen and oxygen atoms in total. The van der Waals surface area contributed by atoms with Gasteiger partial charge in [-0.1, -0.05) is 43.0 Å². The number of halogens is 2. The Bertz CT molecular complexity index is 889. The van der Waals surface area contributed by atoms with Crippen molar-refractivity contribution in [3.05, 3.63) is 88.8 Å². The summed E-state index contributed by atoms with van der Waals surface area (Å²) in [7, 11) is 0. The summed E-state index contributed by atoms with van der Waals surface area (Å²) in [6.07, 6.45) is 6.15. The van der Waals surface area contributed by atoms with Crippen molar-refractivity contribution >= 4 is 17.3 Å². The lowest BCUT2D eigenvalue weighted by atomic mass is 9.99. The maximum atomic E-state index is 14.4. The molecule has 0 unspecified atom stereocenters. The normalized spacial score (nSPS) is 20.0. The summed E-state index contributed by atoms with van der Waals surface area (Å²) >= 11 is 6.32. The van der Waals surface area contributed by atoms with Gasteiger partial charge >= 0.3 is 0 Å². The van der Waals surface area contributed by atoms with Crippen LogP contribution in [0.25, 0.3) is 0 Å². The molecule has 1 aliphatic carbocycles. The highest BCUT2D eigenvalue weighted by Crippen LogP contribution is 2.46. The molecule has 136 valence electrons. The van der Waals surface area contributed by atoms with Gasteiger partial charge in [0, 0.05) is 22.1 Å². The van der Waals surface area contributed by atoms with Crippen LogP contribution >= 0.6 is 11.6 Å². The van der Waals surface area contributed by atoms with Gasteiger partial charge < -0.3 is 4.90 Å². The Balaban J connectivity index is 2.06. The van der Waals surface area contributed by atoms with Crippen LogP contribution in [0.5, 0.6) is 0 Å². The van der Waals surface area contributed by atoms with Gasteiger partial charge in [-0.05, 0) is 63.5 Å². The average Bonchev–Trinajstić information content (AvgIpc) is 2.66. The summed E-state index contributed by atoms with van der Waals surface area (Å²) in [5, 5.41) is 0.693. The highest BCUT2D eigenvalue weighted by molar-refractivity contribution is 6.31. The molecule has 0 atom stereocenters. The summed E-state index contributed by atoms with van der Waals surface area (Å²) in [4.78, 5) is 4.03. The summed E-state index contributed by atoms with van der Waals surface area (Å²) in [5.74, 6) is 0.509. The van der Waals surface area contributed by atoms with Gasteiger partial charge in [-0.2, -0.15) is 0 Å². The number of benzene rings is 1. The van der Waals surface area contributed by atoms with Crippen LogP contribution in [0.2, 0.25) is 5.02 Å². The van der Waals surface area contributed by atoms with Gasteiger partial charge in [-0.3, -0.25) is 4.90 Å². The summed E-state index contributed by atoms with van der Waals surface area (Å²) in [6.45, 7) is 16.5. The van der Waals surface area contributed by atoms with Crippen molar-refractivity contribution in [2.24, 2.45) is 0 Å². The van der Waals surface area contributed by atoms with Crippen LogP contribution in [-0.4, -0.2) is 10.4 Å². The average molecular weight is 371 g/mol. The second kappa shape index (κ2) is 6.48. The Labute approximate surface area is 160 Å². The molecule has 1 fully saturated rings. The van der Waals surface area contributed by atoms with E-state index in [-0.39, 0.29) is 5.83 Å². The minimum atomic E-state index is -0.449. The van der Waals surface area contributed by atoms with Gasteiger partial charge in [0.1, 0.15) is 11.6 Å². The minimum absolute atomic E-state index is 0.222. The minimum Gasteiger partial charge on any atom is -0.317 e. The van der Waals surface area contributed by atoms with Crippen LogP contribution in [-0.2, 0) is 0 Å². The molecule has 4 heteroatoms. The number of anilines is 1. The fourth-order valence-electron chi connectivity index (χ4n) is 3.39. The number of nitrogens with zero attached hydrogens (tertiary/aromatic N) is 2. The molecule has 1 aliphatic heterocycles. The molecule has 0 spiro atoms. The predicted molar refractivity (Wildman–Crippen MR) is 109 cm³/mol. The van der Waals surface area contributed by atoms with E-state index in [0.717, 1.165) is 28.5 Å². The molecule has 1 heterocycles. The van der Waals surface area contributed by atoms with Crippen molar-refractivity contribution in [2.75, 3.05) is 4.90 Å². The predicted octanol–water partition coefficient (Wildman–Crippen LogP) is 6.62. The van der Waals surface area contributed by atoms with E-state index >= 15 is 0 Å². The third kappa shape index (κ3) is 2.90. The van der Waals surface area contributed by atoms with E-state index in [2.05, 4.69) is 27.0 Å². The first-order chi connectivity index (χ1) is 12.1. The number of hydrogen-bond donors (Lipinski definition) is 0. The second-order valence-corrected chi connectivity index (χ2v) is 7.68. The number of aryl methyl sites for hydroxylation is 1. The summed E-state index contributed by atoms with van der Waals surface area (Å²) in [6, 6.07) is 5.89. The molecule has 1 aromatic rings. The van der Waals surface area contributed by atoms with Crippen LogP contribution in [0.1, 0.15) is 32.8 Å². The molecule has 1 aromatic carbocycles. The largest absolute Gasteiger partial charge is 0.317 e. The SMILES string of the molecule is C=C1N(c2ccc(C)c(Cl)c2)C(=C)C(C)(C)N1C1=CCC=C(C)C(F)=C1. The Morgan fingerprint density at radius 3 is 2.50 bits per heavy atom. The standard InChI is InChI=1S/C22H24ClFN2/c1-14-10-11-18(12-20(14)23)25-16(3)22(5,6)26(17(25)4)19-9-7-8-15(2)21(24)13-19/h8-13H,3-4,7H2,1-2,5-6H3. The first-order valence-corrected chi connectivity index (χ1v) is 9.01. The van der Waals surface area contributed by atoms with Crippen molar-refractivity contribution in [3.8, 4) is 0 Å². The van der Waals surface area contributed by atoms with Gasteiger partial charge in [0.15, 0.2) is 0 Å². The van der Waals surface area contributed by atoms with Gasteiger partial charge in [0.25, 0.3) is 0 Å². The van der Waals surface area contributed by atoms with Crippen molar-refractivity contribution < 1.29 is 4.39 Å². The maximum Gasteiger partial charge on any atom is 0.127 e. The highest BCUT2D eigenvalue weighted by atomic mass is 35.5. The lowest BCUT2D eigenvalue weighted by Gasteiger charge is -2.33. The first-order valence-electron chi connectivity index (χ1n) is 8.64. The molecule has 0 N–H and O–H groups in total. The smallest absolute Gasteiger partial charge is 0.127 e. The molecule has 0 bridgehead atoms. The molecule has 26 heavy (non-hydrogen) atoms. The zero-order valence-electron chi connectivity index (χ0n) is 15.7. The van der Waals surface area contributed by atoms with Crippen LogP contribution in [0, 0.1) is 6.92 Å². The quantitative estimate of drug-likeness (QED) is 0.577. The number of allylic oxidation sites excluding steroid dienone is 5. The van der Waals surface area contributed by atoms with Crippen LogP contribution in [0.4, 0.5) is 10.1 Å². The first kappa shape index (κ1) is 18.5. The van der Waals surface area contributed by atoms with Crippen molar-refractivity contribution in [1.29, 1.82) is 0 Å². The van der Waals surface area contributed by atoms with E-state index in [9.17, 15) is 4.39 Å². The zero-order valence-corrected chi connectivity index (χ0v) is 16.5. The highest BCUT2D eigenvalue weighted by Gasteiger charge is 2.45. The maximum absolute atomic E-state index is 14.4. The monoisotopic (exact) mass is 370 g/mol. The molecule has 0 saturated carbocycles. The van der Waals surface area contributed by atoms with E-state index in [0.29, 0.717) is 17.0 Å². The van der Waals surface area contributed by atoms with Crippen molar-refractivity contribution in [3.63, 3.8) is 0 Å². The van der Waals surface area contributed by atoms with Crippen LogP contribution in [0.3, 0.4) is 0 Å². The van der Waals surface area contributed by atoms with Gasteiger partial charge in [0.05, 0.1) is 5.54 Å². The van der Waals surface area contributed by atoms with Crippen LogP contribution in [0.15, 0.2) is 78.2 Å². The Kier molecular flexibility index (Phi) is 4.61. The molecule has 2 aliphatic rings. The lowest BCUT2D eigenvalue weighted by molar-refractivity contribution is 0.302. The molecule has 3 rings (SSSR count). The van der Waals surface area contributed by atoms with Crippen LogP contribution < -0.4 is 4.90 Å². The van der Waals surface area contributed by atoms with Crippen molar-refractivity contribution in [2.45, 2.75) is 39.7 Å². The Morgan fingerprint density at radius 2 is 1.85 bits per heavy atom. The molecular weight excluding hydrogens is 347 g/mol. The Morgan fingerprint density at radius 1 is 1.15 bits per heavy atom. The number of hydrogen-bond acceptors (Lipinski definition) is 2. The molecule has 0 aromatic heterocycles. The topological polar surface area (TPSA) is 6.48 Å². The van der Waals surface area contributed by atoms with E-state index in [4.69, 9.17) is 11.6 Å². The van der Waals surface area contributed by atoms with Gasteiger partial charge in [-0.25, -0.2) is 4.39 Å². The number of rotatable bonds is 2. The van der Waals surface area contributed by atoms with Gasteiger partial charge in [0.2, 0.25) is 0 Å². The molecule has 0 radical (unpaired) electrons. The second-order valence-electron chi connectivity index (χ2n) is 7.27.